The third-order valence-corrected chi connectivity index (χ3v) is 4.55. The first-order chi connectivity index (χ1) is 8.17. The smallest absolute Gasteiger partial charge is 0.308 e. The minimum Gasteiger partial charge on any atom is -0.469 e. The summed E-state index contributed by atoms with van der Waals surface area (Å²) in [5.41, 5.74) is 0. The lowest BCUT2D eigenvalue weighted by Gasteiger charge is -2.52. The quantitative estimate of drug-likeness (QED) is 0.560. The molecule has 0 aromatic rings. The van der Waals surface area contributed by atoms with Gasteiger partial charge in [-0.25, -0.2) is 0 Å². The Morgan fingerprint density at radius 1 is 1.06 bits per heavy atom. The largest absolute Gasteiger partial charge is 0.469 e. The Kier molecular flexibility index (Phi) is 3.73. The van der Waals surface area contributed by atoms with Crippen LogP contribution in [-0.2, 0) is 19.0 Å². The molecule has 0 unspecified atom stereocenters. The molecule has 4 nitrogen and oxygen atoms in total. The van der Waals surface area contributed by atoms with Gasteiger partial charge in [-0.15, -0.1) is 0 Å². The zero-order chi connectivity index (χ0) is 12.5. The molecule has 0 amide bonds. The van der Waals surface area contributed by atoms with Crippen molar-refractivity contribution in [1.82, 2.24) is 0 Å². The van der Waals surface area contributed by atoms with E-state index in [0.29, 0.717) is 11.8 Å². The van der Waals surface area contributed by atoms with Gasteiger partial charge in [0.2, 0.25) is 0 Å². The highest BCUT2D eigenvalue weighted by atomic mass is 16.7. The van der Waals surface area contributed by atoms with E-state index in [1.54, 1.807) is 14.2 Å². The van der Waals surface area contributed by atoms with Gasteiger partial charge < -0.3 is 14.2 Å². The molecule has 0 N–H and O–H groups in total. The van der Waals surface area contributed by atoms with Crippen molar-refractivity contribution in [1.29, 1.82) is 0 Å². The van der Waals surface area contributed by atoms with Crippen LogP contribution in [0.15, 0.2) is 0 Å². The van der Waals surface area contributed by atoms with E-state index in [1.807, 2.05) is 0 Å². The summed E-state index contributed by atoms with van der Waals surface area (Å²) in [6.45, 7) is 0. The van der Waals surface area contributed by atoms with E-state index in [0.717, 1.165) is 25.7 Å². The molecule has 2 aliphatic rings. The average Bonchev–Trinajstić information content (AvgIpc) is 2.35. The van der Waals surface area contributed by atoms with Crippen LogP contribution in [0.25, 0.3) is 0 Å². The fourth-order valence-electron chi connectivity index (χ4n) is 3.80. The van der Waals surface area contributed by atoms with Crippen LogP contribution in [0.5, 0.6) is 0 Å². The number of rotatable bonds is 3. The zero-order valence-corrected chi connectivity index (χ0v) is 10.9. The van der Waals surface area contributed by atoms with Gasteiger partial charge in [0.05, 0.1) is 13.0 Å². The number of carbonyl (C=O) groups is 1. The second-order valence-corrected chi connectivity index (χ2v) is 5.15. The Hall–Kier alpha value is -0.610. The van der Waals surface area contributed by atoms with E-state index >= 15 is 0 Å². The maximum absolute atomic E-state index is 11.7. The molecule has 0 aliphatic heterocycles. The van der Waals surface area contributed by atoms with Crippen LogP contribution in [0.1, 0.15) is 32.1 Å². The molecule has 4 heteroatoms. The summed E-state index contributed by atoms with van der Waals surface area (Å²) in [6, 6.07) is 0. The van der Waals surface area contributed by atoms with Crippen molar-refractivity contribution in [2.75, 3.05) is 21.3 Å². The van der Waals surface area contributed by atoms with E-state index in [9.17, 15) is 4.79 Å². The zero-order valence-electron chi connectivity index (χ0n) is 10.9. The summed E-state index contributed by atoms with van der Waals surface area (Å²) in [5, 5.41) is 0. The molecule has 2 aliphatic carbocycles. The number of methoxy groups -OCH3 is 3. The molecule has 0 aromatic heterocycles. The Balaban J connectivity index is 2.19. The van der Waals surface area contributed by atoms with Gasteiger partial charge in [0.25, 0.3) is 0 Å². The van der Waals surface area contributed by atoms with Crippen molar-refractivity contribution in [2.45, 2.75) is 37.9 Å². The predicted molar refractivity (Wildman–Crippen MR) is 62.3 cm³/mol. The third-order valence-electron chi connectivity index (χ3n) is 4.55. The number of esters is 1. The summed E-state index contributed by atoms with van der Waals surface area (Å²) in [5.74, 6) is 0.0996. The van der Waals surface area contributed by atoms with E-state index in [4.69, 9.17) is 14.2 Å². The average molecular weight is 242 g/mol. The molecule has 0 radical (unpaired) electrons. The van der Waals surface area contributed by atoms with E-state index < -0.39 is 5.79 Å². The number of carbonyl (C=O) groups excluding carboxylic acids is 1. The first-order valence-corrected chi connectivity index (χ1v) is 6.36. The molecule has 2 saturated carbocycles. The second-order valence-electron chi connectivity index (χ2n) is 5.15. The van der Waals surface area contributed by atoms with Gasteiger partial charge >= 0.3 is 5.97 Å². The SMILES string of the molecule is COC(=O)C1C[C@@H]2CCC[C@@H](C1)C2(OC)OC. The highest BCUT2D eigenvalue weighted by molar-refractivity contribution is 5.72. The molecule has 0 spiro atoms. The van der Waals surface area contributed by atoms with Crippen LogP contribution >= 0.6 is 0 Å². The van der Waals surface area contributed by atoms with E-state index in [2.05, 4.69) is 0 Å². The van der Waals surface area contributed by atoms with Crippen LogP contribution in [0.4, 0.5) is 0 Å². The van der Waals surface area contributed by atoms with Crippen molar-refractivity contribution in [2.24, 2.45) is 17.8 Å². The Morgan fingerprint density at radius 3 is 2.00 bits per heavy atom. The maximum atomic E-state index is 11.7. The molecule has 0 saturated heterocycles. The summed E-state index contributed by atoms with van der Waals surface area (Å²) in [4.78, 5) is 11.7. The number of ether oxygens (including phenoxy) is 3. The van der Waals surface area contributed by atoms with Crippen LogP contribution in [-0.4, -0.2) is 33.1 Å². The molecule has 0 aromatic carbocycles. The van der Waals surface area contributed by atoms with Crippen LogP contribution in [0.3, 0.4) is 0 Å². The minimum absolute atomic E-state index is 0.0220. The van der Waals surface area contributed by atoms with E-state index in [-0.39, 0.29) is 11.9 Å². The van der Waals surface area contributed by atoms with Crippen molar-refractivity contribution < 1.29 is 19.0 Å². The van der Waals surface area contributed by atoms with Crippen molar-refractivity contribution >= 4 is 5.97 Å². The standard InChI is InChI=1S/C13H22O4/c1-15-12(14)9-7-10-5-4-6-11(8-9)13(10,16-2)17-3/h9-11H,4-8H2,1-3H3/t10-,11-/m0/s1. The monoisotopic (exact) mass is 242 g/mol. The van der Waals surface area contributed by atoms with Gasteiger partial charge in [-0.1, -0.05) is 6.42 Å². The minimum atomic E-state index is -0.469. The fourth-order valence-corrected chi connectivity index (χ4v) is 3.80. The van der Waals surface area contributed by atoms with Gasteiger partial charge in [0.1, 0.15) is 0 Å². The fraction of sp³-hybridized carbons (Fsp3) is 0.923. The highest BCUT2D eigenvalue weighted by Crippen LogP contribution is 2.51. The lowest BCUT2D eigenvalue weighted by Crippen LogP contribution is -2.56. The number of fused-ring (bicyclic) bond motifs is 2. The van der Waals surface area contributed by atoms with Gasteiger partial charge in [-0.05, 0) is 25.7 Å². The Bertz CT molecular complexity index is 269. The molecular weight excluding hydrogens is 220 g/mol. The molecule has 2 bridgehead atoms. The molecule has 0 heterocycles. The van der Waals surface area contributed by atoms with Crippen LogP contribution < -0.4 is 0 Å². The predicted octanol–water partition coefficient (Wildman–Crippen LogP) is 1.97. The maximum Gasteiger partial charge on any atom is 0.308 e. The second kappa shape index (κ2) is 4.94. The van der Waals surface area contributed by atoms with Crippen LogP contribution in [0.2, 0.25) is 0 Å². The Morgan fingerprint density at radius 2 is 1.59 bits per heavy atom. The van der Waals surface area contributed by atoms with Crippen LogP contribution in [0, 0.1) is 17.8 Å². The first-order valence-electron chi connectivity index (χ1n) is 6.36. The lowest BCUT2D eigenvalue weighted by atomic mass is 9.63. The molecule has 98 valence electrons. The third kappa shape index (κ3) is 1.97. The number of hydrogen-bond acceptors (Lipinski definition) is 4. The Labute approximate surface area is 103 Å². The highest BCUT2D eigenvalue weighted by Gasteiger charge is 2.54. The summed E-state index contributed by atoms with van der Waals surface area (Å²) in [6.07, 6.45) is 5.00. The summed E-state index contributed by atoms with van der Waals surface area (Å²) < 4.78 is 16.2. The van der Waals surface area contributed by atoms with E-state index in [1.165, 1.54) is 13.5 Å². The van der Waals surface area contributed by atoms with Gasteiger partial charge in [-0.2, -0.15) is 0 Å². The van der Waals surface area contributed by atoms with Gasteiger partial charge in [0.15, 0.2) is 5.79 Å². The summed E-state index contributed by atoms with van der Waals surface area (Å²) in [7, 11) is 4.90. The van der Waals surface area contributed by atoms with Gasteiger partial charge in [-0.3, -0.25) is 4.79 Å². The van der Waals surface area contributed by atoms with Crippen molar-refractivity contribution in [3.8, 4) is 0 Å². The molecular formula is C13H22O4. The number of hydrogen-bond donors (Lipinski definition) is 0. The molecule has 2 rings (SSSR count). The molecule has 17 heavy (non-hydrogen) atoms. The molecule has 2 fully saturated rings. The molecule has 2 atom stereocenters. The van der Waals surface area contributed by atoms with Crippen molar-refractivity contribution in [3.63, 3.8) is 0 Å². The first kappa shape index (κ1) is 12.8. The lowest BCUT2D eigenvalue weighted by molar-refractivity contribution is -0.300. The topological polar surface area (TPSA) is 44.8 Å². The van der Waals surface area contributed by atoms with Gasteiger partial charge in [0, 0.05) is 26.1 Å². The normalized spacial score (nSPS) is 35.4. The summed E-state index contributed by atoms with van der Waals surface area (Å²) >= 11 is 0. The van der Waals surface area contributed by atoms with Crippen molar-refractivity contribution in [3.05, 3.63) is 0 Å².